The highest BCUT2D eigenvalue weighted by Gasteiger charge is 2.26. The molecule has 0 spiro atoms. The number of halogens is 1. The first-order valence-electron chi connectivity index (χ1n) is 8.41. The van der Waals surface area contributed by atoms with E-state index in [9.17, 15) is 4.79 Å². The Morgan fingerprint density at radius 2 is 2.15 bits per heavy atom. The first-order valence-corrected chi connectivity index (χ1v) is 8.79. The Morgan fingerprint density at radius 1 is 1.31 bits per heavy atom. The van der Waals surface area contributed by atoms with E-state index in [0.29, 0.717) is 35.4 Å². The molecule has 1 saturated heterocycles. The normalized spacial score (nSPS) is 16.9. The van der Waals surface area contributed by atoms with Crippen LogP contribution in [0.2, 0.25) is 5.02 Å². The van der Waals surface area contributed by atoms with Crippen LogP contribution in [0.25, 0.3) is 0 Å². The van der Waals surface area contributed by atoms with Crippen LogP contribution in [0.4, 0.5) is 10.5 Å². The number of amides is 2. The largest absolute Gasteiger partial charge is 0.495 e. The third-order valence-corrected chi connectivity index (χ3v) is 4.36. The average molecular weight is 377 g/mol. The lowest BCUT2D eigenvalue weighted by molar-refractivity contribution is 0.102. The number of carbonyl (C=O) groups excluding carboxylic acids is 1. The number of ether oxygens (including phenoxy) is 2. The molecule has 2 amide bonds. The summed E-state index contributed by atoms with van der Waals surface area (Å²) in [6.45, 7) is 3.01. The molecule has 7 nitrogen and oxygen atoms in total. The molecule has 1 atom stereocenters. The van der Waals surface area contributed by atoms with Gasteiger partial charge in [-0.3, -0.25) is 0 Å². The molecule has 2 aromatic rings. The van der Waals surface area contributed by atoms with E-state index < -0.39 is 0 Å². The summed E-state index contributed by atoms with van der Waals surface area (Å²) >= 11 is 6.01. The molecule has 1 N–H and O–H groups in total. The van der Waals surface area contributed by atoms with Crippen LogP contribution in [0, 0.1) is 6.92 Å². The Morgan fingerprint density at radius 3 is 2.88 bits per heavy atom. The van der Waals surface area contributed by atoms with Gasteiger partial charge in [0.05, 0.1) is 25.0 Å². The van der Waals surface area contributed by atoms with Crippen molar-refractivity contribution in [1.29, 1.82) is 0 Å². The molecule has 2 heterocycles. The second kappa shape index (κ2) is 8.23. The molecule has 1 unspecified atom stereocenters. The molecular formula is C18H21ClN4O3. The summed E-state index contributed by atoms with van der Waals surface area (Å²) in [5.41, 5.74) is 1.37. The minimum Gasteiger partial charge on any atom is -0.495 e. The summed E-state index contributed by atoms with van der Waals surface area (Å²) in [7, 11) is 1.55. The maximum Gasteiger partial charge on any atom is 0.322 e. The van der Waals surface area contributed by atoms with Gasteiger partial charge in [-0.1, -0.05) is 11.6 Å². The van der Waals surface area contributed by atoms with Gasteiger partial charge in [-0.15, -0.1) is 5.10 Å². The molecule has 1 aromatic carbocycles. The van der Waals surface area contributed by atoms with Crippen LogP contribution in [0.15, 0.2) is 30.3 Å². The summed E-state index contributed by atoms with van der Waals surface area (Å²) in [5.74, 6) is 1.03. The van der Waals surface area contributed by atoms with Gasteiger partial charge in [0.25, 0.3) is 0 Å². The molecule has 26 heavy (non-hydrogen) atoms. The van der Waals surface area contributed by atoms with Gasteiger partial charge in [0.1, 0.15) is 11.9 Å². The summed E-state index contributed by atoms with van der Waals surface area (Å²) in [6.07, 6.45) is 1.59. The predicted molar refractivity (Wildman–Crippen MR) is 99.0 cm³/mol. The highest BCUT2D eigenvalue weighted by molar-refractivity contribution is 6.31. The molecule has 8 heteroatoms. The van der Waals surface area contributed by atoms with E-state index in [0.717, 1.165) is 18.5 Å². The number of hydrogen-bond acceptors (Lipinski definition) is 5. The van der Waals surface area contributed by atoms with E-state index in [4.69, 9.17) is 21.1 Å². The number of nitrogens with zero attached hydrogens (tertiary/aromatic N) is 3. The predicted octanol–water partition coefficient (Wildman–Crippen LogP) is 3.52. The number of rotatable bonds is 4. The van der Waals surface area contributed by atoms with Crippen LogP contribution in [0.1, 0.15) is 18.5 Å². The van der Waals surface area contributed by atoms with Gasteiger partial charge >= 0.3 is 6.03 Å². The first-order chi connectivity index (χ1) is 12.5. The van der Waals surface area contributed by atoms with Gasteiger partial charge in [0.15, 0.2) is 0 Å². The monoisotopic (exact) mass is 376 g/mol. The number of methoxy groups -OCH3 is 1. The standard InChI is InChI=1S/C18H21ClN4O3/c1-12-5-8-17(22-21-12)26-14-4-3-9-23(11-14)18(24)20-15-10-13(19)6-7-16(15)25-2/h5-8,10,14H,3-4,9,11H2,1-2H3,(H,20,24). The maximum absolute atomic E-state index is 12.6. The Kier molecular flexibility index (Phi) is 5.78. The zero-order valence-electron chi connectivity index (χ0n) is 14.7. The molecule has 0 aliphatic carbocycles. The highest BCUT2D eigenvalue weighted by atomic mass is 35.5. The number of aryl methyl sites for hydroxylation is 1. The fraction of sp³-hybridized carbons (Fsp3) is 0.389. The average Bonchev–Trinajstić information content (AvgIpc) is 2.64. The zero-order valence-corrected chi connectivity index (χ0v) is 15.5. The van der Waals surface area contributed by atoms with E-state index in [1.54, 1.807) is 36.3 Å². The van der Waals surface area contributed by atoms with Crippen molar-refractivity contribution in [3.63, 3.8) is 0 Å². The van der Waals surface area contributed by atoms with Gasteiger partial charge in [0, 0.05) is 17.6 Å². The van der Waals surface area contributed by atoms with Gasteiger partial charge in [-0.2, -0.15) is 5.10 Å². The Balaban J connectivity index is 1.62. The van der Waals surface area contributed by atoms with Crippen molar-refractivity contribution < 1.29 is 14.3 Å². The van der Waals surface area contributed by atoms with Gasteiger partial charge in [-0.25, -0.2) is 4.79 Å². The van der Waals surface area contributed by atoms with Crippen molar-refractivity contribution in [1.82, 2.24) is 15.1 Å². The number of anilines is 1. The highest BCUT2D eigenvalue weighted by Crippen LogP contribution is 2.28. The Labute approximate surface area is 157 Å². The summed E-state index contributed by atoms with van der Waals surface area (Å²) in [6, 6.07) is 8.52. The van der Waals surface area contributed by atoms with Crippen molar-refractivity contribution >= 4 is 23.3 Å². The second-order valence-corrected chi connectivity index (χ2v) is 6.55. The lowest BCUT2D eigenvalue weighted by Crippen LogP contribution is -2.46. The third-order valence-electron chi connectivity index (χ3n) is 4.13. The number of urea groups is 1. The lowest BCUT2D eigenvalue weighted by Gasteiger charge is -2.32. The van der Waals surface area contributed by atoms with E-state index in [1.165, 1.54) is 0 Å². The molecule has 0 bridgehead atoms. The van der Waals surface area contributed by atoms with Crippen molar-refractivity contribution in [3.8, 4) is 11.6 Å². The number of hydrogen-bond donors (Lipinski definition) is 1. The van der Waals surface area contributed by atoms with Crippen molar-refractivity contribution in [2.45, 2.75) is 25.9 Å². The Bertz CT molecular complexity index is 770. The smallest absolute Gasteiger partial charge is 0.322 e. The first kappa shape index (κ1) is 18.3. The molecule has 1 aromatic heterocycles. The van der Waals surface area contributed by atoms with E-state index in [1.807, 2.05) is 13.0 Å². The molecule has 1 aliphatic rings. The third kappa shape index (κ3) is 4.54. The lowest BCUT2D eigenvalue weighted by atomic mass is 10.1. The number of likely N-dealkylation sites (tertiary alicyclic amines) is 1. The summed E-state index contributed by atoms with van der Waals surface area (Å²) in [5, 5.41) is 11.4. The molecule has 138 valence electrons. The quantitative estimate of drug-likeness (QED) is 0.883. The molecule has 0 saturated carbocycles. The van der Waals surface area contributed by atoms with E-state index in [2.05, 4.69) is 15.5 Å². The maximum atomic E-state index is 12.6. The van der Waals surface area contributed by atoms with Crippen LogP contribution in [-0.2, 0) is 0 Å². The number of benzene rings is 1. The van der Waals surface area contributed by atoms with E-state index >= 15 is 0 Å². The molecule has 3 rings (SSSR count). The molecule has 0 radical (unpaired) electrons. The summed E-state index contributed by atoms with van der Waals surface area (Å²) < 4.78 is 11.1. The molecule has 1 aliphatic heterocycles. The van der Waals surface area contributed by atoms with Crippen LogP contribution in [0.5, 0.6) is 11.6 Å². The van der Waals surface area contributed by atoms with Gasteiger partial charge in [-0.05, 0) is 44.0 Å². The van der Waals surface area contributed by atoms with Crippen LogP contribution < -0.4 is 14.8 Å². The zero-order chi connectivity index (χ0) is 18.5. The van der Waals surface area contributed by atoms with Gasteiger partial charge < -0.3 is 19.7 Å². The molecule has 1 fully saturated rings. The van der Waals surface area contributed by atoms with Crippen molar-refractivity contribution in [3.05, 3.63) is 41.0 Å². The van der Waals surface area contributed by atoms with Crippen LogP contribution in [-0.4, -0.2) is 47.4 Å². The fourth-order valence-corrected chi connectivity index (χ4v) is 2.98. The van der Waals surface area contributed by atoms with Crippen LogP contribution in [0.3, 0.4) is 0 Å². The molecular weight excluding hydrogens is 356 g/mol. The van der Waals surface area contributed by atoms with Crippen molar-refractivity contribution in [2.24, 2.45) is 0 Å². The fourth-order valence-electron chi connectivity index (χ4n) is 2.81. The Hall–Kier alpha value is -2.54. The minimum absolute atomic E-state index is 0.118. The number of aromatic nitrogens is 2. The van der Waals surface area contributed by atoms with Crippen molar-refractivity contribution in [2.75, 3.05) is 25.5 Å². The second-order valence-electron chi connectivity index (χ2n) is 6.12. The van der Waals surface area contributed by atoms with Gasteiger partial charge in [0.2, 0.25) is 5.88 Å². The van der Waals surface area contributed by atoms with Crippen LogP contribution >= 0.6 is 11.6 Å². The topological polar surface area (TPSA) is 76.6 Å². The van der Waals surface area contributed by atoms with E-state index in [-0.39, 0.29) is 12.1 Å². The number of nitrogens with one attached hydrogen (secondary N) is 1. The number of carbonyl (C=O) groups is 1. The minimum atomic E-state index is -0.214. The number of piperidine rings is 1. The SMILES string of the molecule is COc1ccc(Cl)cc1NC(=O)N1CCCC(Oc2ccc(C)nn2)C1. The summed E-state index contributed by atoms with van der Waals surface area (Å²) in [4.78, 5) is 14.3.